The third kappa shape index (κ3) is 1.33. The Morgan fingerprint density at radius 3 is 2.57 bits per heavy atom. The highest BCUT2D eigenvalue weighted by Gasteiger charge is 2.23. The van der Waals surface area contributed by atoms with Gasteiger partial charge in [0.1, 0.15) is 0 Å². The molecule has 0 amide bonds. The Bertz CT molecular complexity index is 388. The normalized spacial score (nSPS) is 17.1. The van der Waals surface area contributed by atoms with Crippen molar-refractivity contribution in [2.24, 2.45) is 5.41 Å². The van der Waals surface area contributed by atoms with Gasteiger partial charge in [-0.2, -0.15) is 0 Å². The van der Waals surface area contributed by atoms with Crippen molar-refractivity contribution < 1.29 is 0 Å². The first kappa shape index (κ1) is 9.01. The minimum absolute atomic E-state index is 0.0473. The molecule has 2 rings (SSSR count). The Balaban J connectivity index is 2.47. The van der Waals surface area contributed by atoms with Crippen molar-refractivity contribution in [3.05, 3.63) is 66.8 Å². The molecule has 0 nitrogen and oxygen atoms in total. The van der Waals surface area contributed by atoms with Crippen LogP contribution in [0.5, 0.6) is 0 Å². The Hall–Kier alpha value is -1.56. The van der Waals surface area contributed by atoms with Crippen molar-refractivity contribution >= 4 is 6.08 Å². The summed E-state index contributed by atoms with van der Waals surface area (Å²) in [5.41, 5.74) is 2.63. The van der Waals surface area contributed by atoms with E-state index in [2.05, 4.69) is 49.6 Å². The van der Waals surface area contributed by atoms with Gasteiger partial charge in [0.2, 0.25) is 0 Å². The van der Waals surface area contributed by atoms with E-state index >= 15 is 0 Å². The van der Waals surface area contributed by atoms with Crippen molar-refractivity contribution in [1.29, 1.82) is 0 Å². The number of hydrogen-bond acceptors (Lipinski definition) is 0. The van der Waals surface area contributed by atoms with Crippen LogP contribution < -0.4 is 0 Å². The second-order valence-electron chi connectivity index (χ2n) is 3.73. The van der Waals surface area contributed by atoms with Gasteiger partial charge in [0.05, 0.1) is 0 Å². The summed E-state index contributed by atoms with van der Waals surface area (Å²) in [5.74, 6) is 0. The fourth-order valence-electron chi connectivity index (χ4n) is 1.86. The van der Waals surface area contributed by atoms with Crippen LogP contribution in [0.15, 0.2) is 55.7 Å². The number of allylic oxidation sites excluding steroid dienone is 3. The van der Waals surface area contributed by atoms with Gasteiger partial charge in [-0.15, -0.1) is 13.2 Å². The Kier molecular flexibility index (Phi) is 2.12. The van der Waals surface area contributed by atoms with E-state index in [-0.39, 0.29) is 5.41 Å². The van der Waals surface area contributed by atoms with E-state index < -0.39 is 0 Å². The SMILES string of the molecule is C=CC1(C=C)C=Cc2ccccc2C1. The van der Waals surface area contributed by atoms with Crippen LogP contribution in [0.3, 0.4) is 0 Å². The maximum Gasteiger partial charge on any atom is 0.0280 e. The zero-order chi connectivity index (χ0) is 10.0. The zero-order valence-corrected chi connectivity index (χ0v) is 8.24. The molecule has 14 heavy (non-hydrogen) atoms. The first-order valence-corrected chi connectivity index (χ1v) is 4.84. The van der Waals surface area contributed by atoms with Crippen LogP contribution in [-0.4, -0.2) is 0 Å². The highest BCUT2D eigenvalue weighted by atomic mass is 14.3. The van der Waals surface area contributed by atoms with Gasteiger partial charge in [0.15, 0.2) is 0 Å². The molecule has 0 bridgehead atoms. The average Bonchev–Trinajstić information content (AvgIpc) is 2.28. The van der Waals surface area contributed by atoms with Gasteiger partial charge in [-0.3, -0.25) is 0 Å². The molecule has 0 spiro atoms. The largest absolute Gasteiger partial charge is 0.102 e. The van der Waals surface area contributed by atoms with E-state index in [1.54, 1.807) is 0 Å². The van der Waals surface area contributed by atoms with Crippen LogP contribution in [0.25, 0.3) is 6.08 Å². The third-order valence-corrected chi connectivity index (χ3v) is 2.89. The predicted molar refractivity (Wildman–Crippen MR) is 62.0 cm³/mol. The fourth-order valence-corrected chi connectivity index (χ4v) is 1.86. The lowest BCUT2D eigenvalue weighted by Crippen LogP contribution is -2.18. The van der Waals surface area contributed by atoms with E-state index in [1.807, 2.05) is 12.2 Å². The molecule has 0 saturated carbocycles. The van der Waals surface area contributed by atoms with Crippen LogP contribution in [0.4, 0.5) is 0 Å². The molecule has 0 heteroatoms. The summed E-state index contributed by atoms with van der Waals surface area (Å²) in [6, 6.07) is 8.45. The van der Waals surface area contributed by atoms with Crippen molar-refractivity contribution in [2.45, 2.75) is 6.42 Å². The first-order valence-electron chi connectivity index (χ1n) is 4.84. The molecular formula is C14H14. The monoisotopic (exact) mass is 182 g/mol. The molecule has 0 heterocycles. The fraction of sp³-hybridized carbons (Fsp3) is 0.143. The van der Waals surface area contributed by atoms with E-state index in [1.165, 1.54) is 11.1 Å². The molecule has 0 unspecified atom stereocenters. The maximum absolute atomic E-state index is 3.88. The molecule has 1 aliphatic rings. The number of hydrogen-bond donors (Lipinski definition) is 0. The molecule has 0 atom stereocenters. The molecule has 1 aromatic carbocycles. The summed E-state index contributed by atoms with van der Waals surface area (Å²) in [4.78, 5) is 0. The summed E-state index contributed by atoms with van der Waals surface area (Å²) in [5, 5.41) is 0. The van der Waals surface area contributed by atoms with E-state index in [9.17, 15) is 0 Å². The van der Waals surface area contributed by atoms with Gasteiger partial charge in [-0.05, 0) is 17.5 Å². The summed E-state index contributed by atoms with van der Waals surface area (Å²) in [7, 11) is 0. The molecule has 0 aromatic heterocycles. The standard InChI is InChI=1S/C14H14/c1-3-14(4-2)10-9-12-7-5-6-8-13(12)11-14/h3-10H,1-2,11H2. The first-order chi connectivity index (χ1) is 6.79. The quantitative estimate of drug-likeness (QED) is 0.613. The minimum Gasteiger partial charge on any atom is -0.102 e. The van der Waals surface area contributed by atoms with Crippen molar-refractivity contribution in [1.82, 2.24) is 0 Å². The number of fused-ring (bicyclic) bond motifs is 1. The van der Waals surface area contributed by atoms with Gasteiger partial charge in [-0.25, -0.2) is 0 Å². The molecule has 1 aromatic rings. The van der Waals surface area contributed by atoms with Crippen molar-refractivity contribution in [2.75, 3.05) is 0 Å². The molecule has 0 saturated heterocycles. The molecule has 0 radical (unpaired) electrons. The third-order valence-electron chi connectivity index (χ3n) is 2.89. The van der Waals surface area contributed by atoms with Gasteiger partial charge in [0.25, 0.3) is 0 Å². The van der Waals surface area contributed by atoms with E-state index in [4.69, 9.17) is 0 Å². The lowest BCUT2D eigenvalue weighted by molar-refractivity contribution is 0.622. The molecule has 0 N–H and O–H groups in total. The second-order valence-corrected chi connectivity index (χ2v) is 3.73. The van der Waals surface area contributed by atoms with Crippen LogP contribution in [0, 0.1) is 5.41 Å². The lowest BCUT2D eigenvalue weighted by atomic mass is 9.76. The molecular weight excluding hydrogens is 168 g/mol. The molecule has 0 aliphatic heterocycles. The van der Waals surface area contributed by atoms with Crippen molar-refractivity contribution in [3.63, 3.8) is 0 Å². The zero-order valence-electron chi connectivity index (χ0n) is 8.24. The smallest absolute Gasteiger partial charge is 0.0280 e. The minimum atomic E-state index is -0.0473. The highest BCUT2D eigenvalue weighted by Crippen LogP contribution is 2.34. The second kappa shape index (κ2) is 3.30. The van der Waals surface area contributed by atoms with Crippen LogP contribution in [0.1, 0.15) is 11.1 Å². The van der Waals surface area contributed by atoms with E-state index in [0.717, 1.165) is 6.42 Å². The maximum atomic E-state index is 3.88. The lowest BCUT2D eigenvalue weighted by Gasteiger charge is -2.27. The highest BCUT2D eigenvalue weighted by molar-refractivity contribution is 5.59. The summed E-state index contributed by atoms with van der Waals surface area (Å²) in [6.45, 7) is 7.76. The van der Waals surface area contributed by atoms with Gasteiger partial charge in [0, 0.05) is 5.41 Å². The Morgan fingerprint density at radius 1 is 1.14 bits per heavy atom. The number of benzene rings is 1. The van der Waals surface area contributed by atoms with Gasteiger partial charge < -0.3 is 0 Å². The summed E-state index contributed by atoms with van der Waals surface area (Å²) in [6.07, 6.45) is 9.24. The van der Waals surface area contributed by atoms with Crippen LogP contribution >= 0.6 is 0 Å². The molecule has 0 fully saturated rings. The van der Waals surface area contributed by atoms with E-state index in [0.29, 0.717) is 0 Å². The van der Waals surface area contributed by atoms with Gasteiger partial charge >= 0.3 is 0 Å². The Morgan fingerprint density at radius 2 is 1.86 bits per heavy atom. The van der Waals surface area contributed by atoms with Gasteiger partial charge in [-0.1, -0.05) is 48.6 Å². The van der Waals surface area contributed by atoms with Crippen molar-refractivity contribution in [3.8, 4) is 0 Å². The topological polar surface area (TPSA) is 0 Å². The average molecular weight is 182 g/mol. The molecule has 1 aliphatic carbocycles. The molecule has 70 valence electrons. The summed E-state index contributed by atoms with van der Waals surface area (Å²) < 4.78 is 0. The Labute approximate surface area is 85.3 Å². The van der Waals surface area contributed by atoms with Crippen LogP contribution in [-0.2, 0) is 6.42 Å². The predicted octanol–water partition coefficient (Wildman–Crippen LogP) is 3.61. The number of rotatable bonds is 2. The van der Waals surface area contributed by atoms with Crippen LogP contribution in [0.2, 0.25) is 0 Å². The summed E-state index contributed by atoms with van der Waals surface area (Å²) >= 11 is 0.